The molecule has 0 aromatic carbocycles. The Morgan fingerprint density at radius 3 is 1.44 bits per heavy atom. The molecular formula is C15H22Se3. The summed E-state index contributed by atoms with van der Waals surface area (Å²) in [7, 11) is 0. The van der Waals surface area contributed by atoms with Gasteiger partial charge in [0.15, 0.2) is 0 Å². The average Bonchev–Trinajstić information content (AvgIpc) is 3.06. The van der Waals surface area contributed by atoms with Gasteiger partial charge < -0.3 is 0 Å². The van der Waals surface area contributed by atoms with Crippen LogP contribution in [0.5, 0.6) is 0 Å². The van der Waals surface area contributed by atoms with Gasteiger partial charge >= 0.3 is 132 Å². The molecule has 0 radical (unpaired) electrons. The van der Waals surface area contributed by atoms with Crippen molar-refractivity contribution in [2.24, 2.45) is 11.8 Å². The molecule has 0 aromatic rings. The number of rotatable bonds is 4. The second-order valence-corrected chi connectivity index (χ2v) is 18.1. The van der Waals surface area contributed by atoms with Crippen LogP contribution in [0.3, 0.4) is 0 Å². The molecule has 0 spiro atoms. The van der Waals surface area contributed by atoms with Crippen molar-refractivity contribution >= 4 is 47.7 Å². The molecule has 100 valence electrons. The summed E-state index contributed by atoms with van der Waals surface area (Å²) in [6, 6.07) is 0. The van der Waals surface area contributed by atoms with E-state index in [9.17, 15) is 0 Å². The molecule has 4 fully saturated rings. The molecule has 0 atom stereocenters. The Kier molecular flexibility index (Phi) is 3.44. The van der Waals surface area contributed by atoms with Crippen LogP contribution in [0.2, 0.25) is 8.63 Å². The number of hydrogen-bond acceptors (Lipinski definition) is 0. The first-order valence-electron chi connectivity index (χ1n) is 7.59. The van der Waals surface area contributed by atoms with E-state index in [-0.39, 0.29) is 0 Å². The van der Waals surface area contributed by atoms with Crippen molar-refractivity contribution in [3.63, 3.8) is 0 Å². The Hall–Kier alpha value is 1.43. The van der Waals surface area contributed by atoms with Crippen LogP contribution < -0.4 is 0 Å². The van der Waals surface area contributed by atoms with Gasteiger partial charge in [-0.3, -0.25) is 0 Å². The van der Waals surface area contributed by atoms with E-state index in [4.69, 9.17) is 0 Å². The summed E-state index contributed by atoms with van der Waals surface area (Å²) in [6.45, 7) is 0. The van der Waals surface area contributed by atoms with E-state index in [1.165, 1.54) is 0 Å². The third-order valence-corrected chi connectivity index (χ3v) is 14.5. The normalized spacial score (nSPS) is 49.1. The van der Waals surface area contributed by atoms with Crippen molar-refractivity contribution in [1.29, 1.82) is 0 Å². The summed E-state index contributed by atoms with van der Waals surface area (Å²) >= 11 is 5.24. The third kappa shape index (κ3) is 2.28. The molecule has 4 saturated carbocycles. The van der Waals surface area contributed by atoms with Crippen molar-refractivity contribution in [2.45, 2.75) is 72.8 Å². The van der Waals surface area contributed by atoms with Gasteiger partial charge in [0.05, 0.1) is 0 Å². The van der Waals surface area contributed by atoms with Gasteiger partial charge in [-0.2, -0.15) is 0 Å². The van der Waals surface area contributed by atoms with Crippen LogP contribution in [-0.4, -0.2) is 47.7 Å². The Labute approximate surface area is 131 Å². The summed E-state index contributed by atoms with van der Waals surface area (Å²) < 4.78 is 3.56. The van der Waals surface area contributed by atoms with Gasteiger partial charge in [-0.05, 0) is 0 Å². The fourth-order valence-electron chi connectivity index (χ4n) is 4.94. The molecule has 0 heterocycles. The van der Waals surface area contributed by atoms with E-state index in [0.717, 1.165) is 50.4 Å². The van der Waals surface area contributed by atoms with Crippen molar-refractivity contribution in [1.82, 2.24) is 0 Å². The second kappa shape index (κ2) is 4.72. The van der Waals surface area contributed by atoms with Crippen LogP contribution in [0.15, 0.2) is 0 Å². The summed E-state index contributed by atoms with van der Waals surface area (Å²) in [5.74, 6) is 2.26. The molecular weight excluding hydrogens is 417 g/mol. The zero-order chi connectivity index (χ0) is 12.2. The Morgan fingerprint density at radius 2 is 1.17 bits per heavy atom. The summed E-state index contributed by atoms with van der Waals surface area (Å²) in [5.41, 5.74) is 0. The molecule has 4 aliphatic rings. The van der Waals surface area contributed by atoms with Gasteiger partial charge in [0.1, 0.15) is 0 Å². The molecule has 0 saturated heterocycles. The first-order valence-corrected chi connectivity index (χ1v) is 11.9. The molecule has 4 rings (SSSR count). The van der Waals surface area contributed by atoms with E-state index in [1.807, 2.05) is 2.21 Å². The van der Waals surface area contributed by atoms with E-state index < -0.39 is 0 Å². The van der Waals surface area contributed by atoms with Crippen molar-refractivity contribution in [3.8, 4) is 0 Å². The van der Waals surface area contributed by atoms with Crippen LogP contribution in [0.4, 0.5) is 0 Å². The second-order valence-electron chi connectivity index (χ2n) is 7.12. The third-order valence-electron chi connectivity index (χ3n) is 5.95. The first kappa shape index (κ1) is 13.1. The molecule has 4 aliphatic carbocycles. The Morgan fingerprint density at radius 1 is 0.778 bits per heavy atom. The maximum atomic E-state index is 3.56. The van der Waals surface area contributed by atoms with Gasteiger partial charge in [0.25, 0.3) is 0 Å². The predicted octanol–water partition coefficient (Wildman–Crippen LogP) is 3.16. The minimum atomic E-state index is 0.841. The molecule has 0 aliphatic heterocycles. The minimum absolute atomic E-state index is 0.841. The van der Waals surface area contributed by atoms with Gasteiger partial charge in [-0.25, -0.2) is 0 Å². The van der Waals surface area contributed by atoms with Crippen LogP contribution in [0, 0.1) is 11.8 Å². The summed E-state index contributed by atoms with van der Waals surface area (Å²) in [5, 5.41) is 0. The van der Waals surface area contributed by atoms with Gasteiger partial charge in [-0.1, -0.05) is 0 Å². The van der Waals surface area contributed by atoms with Crippen molar-refractivity contribution < 1.29 is 0 Å². The quantitative estimate of drug-likeness (QED) is 0.591. The van der Waals surface area contributed by atoms with Crippen LogP contribution >= 0.6 is 0 Å². The van der Waals surface area contributed by atoms with Gasteiger partial charge in [0, 0.05) is 0 Å². The SMILES string of the molecule is [Se]=C([Se]C12CCC(CC1)C2)[Se]C12CCC(CC1)C2. The summed E-state index contributed by atoms with van der Waals surface area (Å²) in [6.07, 6.45) is 15.8. The fourth-order valence-corrected chi connectivity index (χ4v) is 17.9. The van der Waals surface area contributed by atoms with Crippen LogP contribution in [-0.2, 0) is 0 Å². The molecule has 0 amide bonds. The monoisotopic (exact) mass is 442 g/mol. The van der Waals surface area contributed by atoms with E-state index in [0.29, 0.717) is 0 Å². The van der Waals surface area contributed by atoms with Gasteiger partial charge in [-0.15, -0.1) is 0 Å². The molecule has 0 nitrogen and oxygen atoms in total. The molecule has 0 N–H and O–H groups in total. The molecule has 18 heavy (non-hydrogen) atoms. The fraction of sp³-hybridized carbons (Fsp3) is 0.933. The maximum absolute atomic E-state index is 3.56. The van der Waals surface area contributed by atoms with Gasteiger partial charge in [0.2, 0.25) is 0 Å². The molecule has 0 aromatic heterocycles. The van der Waals surface area contributed by atoms with E-state index in [1.54, 1.807) is 64.2 Å². The number of hydrogen-bond donors (Lipinski definition) is 0. The Balaban J connectivity index is 1.39. The van der Waals surface area contributed by atoms with E-state index in [2.05, 4.69) is 15.6 Å². The predicted molar refractivity (Wildman–Crippen MR) is 80.8 cm³/mol. The molecule has 3 heteroatoms. The molecule has 0 unspecified atom stereocenters. The average molecular weight is 439 g/mol. The van der Waals surface area contributed by atoms with Crippen molar-refractivity contribution in [2.75, 3.05) is 0 Å². The standard InChI is InChI=1S/C15H22Se3/c16-13(17-14-5-1-11(9-14)2-6-14)18-15-7-3-12(10-15)4-8-15/h11-12H,1-10H2. The summed E-state index contributed by atoms with van der Waals surface area (Å²) in [4.78, 5) is 0. The molecule has 4 bridgehead atoms. The zero-order valence-electron chi connectivity index (χ0n) is 11.0. The van der Waals surface area contributed by atoms with E-state index >= 15 is 0 Å². The van der Waals surface area contributed by atoms with Crippen LogP contribution in [0.1, 0.15) is 64.2 Å². The first-order chi connectivity index (χ1) is 8.67. The topological polar surface area (TPSA) is 0 Å². The number of fused-ring (bicyclic) bond motifs is 4. The zero-order valence-corrected chi connectivity index (χ0v) is 16.1. The van der Waals surface area contributed by atoms with Crippen LogP contribution in [0.25, 0.3) is 0 Å². The van der Waals surface area contributed by atoms with Crippen molar-refractivity contribution in [3.05, 3.63) is 0 Å². The Bertz CT molecular complexity index is 326.